The van der Waals surface area contributed by atoms with E-state index >= 15 is 0 Å². The van der Waals surface area contributed by atoms with Crippen molar-refractivity contribution in [3.8, 4) is 0 Å². The number of para-hydroxylation sites is 1. The van der Waals surface area contributed by atoms with E-state index in [0.29, 0.717) is 5.92 Å². The summed E-state index contributed by atoms with van der Waals surface area (Å²) in [7, 11) is 0. The van der Waals surface area contributed by atoms with Crippen molar-refractivity contribution in [2.45, 2.75) is 26.7 Å². The van der Waals surface area contributed by atoms with E-state index in [2.05, 4.69) is 44.0 Å². The molecule has 2 heteroatoms. The lowest BCUT2D eigenvalue weighted by molar-refractivity contribution is 0.848. The van der Waals surface area contributed by atoms with Gasteiger partial charge in [0, 0.05) is 10.9 Å². The molecule has 0 aliphatic rings. The Morgan fingerprint density at radius 3 is 2.53 bits per heavy atom. The molecule has 1 nitrogen and oxygen atoms in total. The van der Waals surface area contributed by atoms with Crippen LogP contribution in [0.3, 0.4) is 0 Å². The molecule has 0 fully saturated rings. The minimum absolute atomic E-state index is 0.471. The molecule has 1 aromatic carbocycles. The molecular weight excluding hydrogens is 202 g/mol. The van der Waals surface area contributed by atoms with E-state index in [1.165, 1.54) is 16.5 Å². The molecule has 2 aromatic rings. The first-order valence-electron chi connectivity index (χ1n) is 5.22. The number of nitrogens with one attached hydrogen (secondary N) is 1. The smallest absolute Gasteiger partial charge is 0.107 e. The Morgan fingerprint density at radius 2 is 1.87 bits per heavy atom. The Balaban J connectivity index is 2.90. The van der Waals surface area contributed by atoms with E-state index in [-0.39, 0.29) is 0 Å². The van der Waals surface area contributed by atoms with Gasteiger partial charge in [-0.15, -0.1) is 0 Å². The van der Waals surface area contributed by atoms with Crippen molar-refractivity contribution in [2.24, 2.45) is 0 Å². The van der Waals surface area contributed by atoms with Crippen LogP contribution in [0.1, 0.15) is 30.9 Å². The SMILES string of the molecule is Cc1c(C(C)C)c(=S)[nH]c2ccccc12. The second-order valence-electron chi connectivity index (χ2n) is 4.19. The molecule has 0 amide bonds. The fourth-order valence-corrected chi connectivity index (χ4v) is 2.62. The first-order valence-corrected chi connectivity index (χ1v) is 5.63. The van der Waals surface area contributed by atoms with Crippen LogP contribution >= 0.6 is 12.2 Å². The fourth-order valence-electron chi connectivity index (χ4n) is 2.12. The lowest BCUT2D eigenvalue weighted by atomic mass is 9.97. The number of fused-ring (bicyclic) bond motifs is 1. The molecule has 0 saturated heterocycles. The summed E-state index contributed by atoms with van der Waals surface area (Å²) in [6, 6.07) is 8.31. The van der Waals surface area contributed by atoms with Crippen LogP contribution in [0.2, 0.25) is 0 Å². The Hall–Kier alpha value is -1.15. The maximum Gasteiger partial charge on any atom is 0.107 e. The van der Waals surface area contributed by atoms with Gasteiger partial charge in [-0.2, -0.15) is 0 Å². The van der Waals surface area contributed by atoms with Gasteiger partial charge >= 0.3 is 0 Å². The first-order chi connectivity index (χ1) is 7.11. The number of H-pyrrole nitrogens is 1. The summed E-state index contributed by atoms with van der Waals surface area (Å²) >= 11 is 5.39. The van der Waals surface area contributed by atoms with Crippen LogP contribution < -0.4 is 0 Å². The van der Waals surface area contributed by atoms with Gasteiger partial charge < -0.3 is 4.98 Å². The lowest BCUT2D eigenvalue weighted by Gasteiger charge is -2.12. The highest BCUT2D eigenvalue weighted by molar-refractivity contribution is 7.71. The van der Waals surface area contributed by atoms with E-state index in [4.69, 9.17) is 12.2 Å². The highest BCUT2D eigenvalue weighted by atomic mass is 32.1. The maximum absolute atomic E-state index is 5.39. The molecule has 2 rings (SSSR count). The molecule has 0 radical (unpaired) electrons. The van der Waals surface area contributed by atoms with Crippen molar-refractivity contribution < 1.29 is 0 Å². The van der Waals surface area contributed by atoms with Crippen LogP contribution in [-0.4, -0.2) is 4.98 Å². The van der Waals surface area contributed by atoms with Crippen molar-refractivity contribution in [1.82, 2.24) is 4.98 Å². The maximum atomic E-state index is 5.39. The number of hydrogen-bond donors (Lipinski definition) is 1. The van der Waals surface area contributed by atoms with E-state index in [1.54, 1.807) is 0 Å². The molecule has 0 unspecified atom stereocenters. The summed E-state index contributed by atoms with van der Waals surface area (Å²) in [5, 5.41) is 1.27. The quantitative estimate of drug-likeness (QED) is 0.703. The van der Waals surface area contributed by atoms with Crippen LogP contribution in [0.5, 0.6) is 0 Å². The zero-order valence-electron chi connectivity index (χ0n) is 9.29. The van der Waals surface area contributed by atoms with E-state index in [0.717, 1.165) is 10.2 Å². The Kier molecular flexibility index (Phi) is 2.61. The van der Waals surface area contributed by atoms with Crippen molar-refractivity contribution in [3.05, 3.63) is 40.0 Å². The Bertz CT molecular complexity index is 552. The second kappa shape index (κ2) is 3.78. The second-order valence-corrected chi connectivity index (χ2v) is 4.60. The van der Waals surface area contributed by atoms with Crippen LogP contribution in [-0.2, 0) is 0 Å². The highest BCUT2D eigenvalue weighted by Crippen LogP contribution is 2.26. The predicted octanol–water partition coefficient (Wildman–Crippen LogP) is 4.33. The number of aromatic nitrogens is 1. The van der Waals surface area contributed by atoms with Gasteiger partial charge in [-0.3, -0.25) is 0 Å². The number of rotatable bonds is 1. The first kappa shape index (κ1) is 10.4. The third kappa shape index (κ3) is 1.70. The van der Waals surface area contributed by atoms with Crippen molar-refractivity contribution >= 4 is 23.1 Å². The number of pyridine rings is 1. The molecule has 1 heterocycles. The Morgan fingerprint density at radius 1 is 1.20 bits per heavy atom. The summed E-state index contributed by atoms with van der Waals surface area (Å²) in [5.74, 6) is 0.471. The molecule has 1 aromatic heterocycles. The minimum Gasteiger partial charge on any atom is -0.346 e. The van der Waals surface area contributed by atoms with E-state index in [1.807, 2.05) is 6.07 Å². The Labute approximate surface area is 95.2 Å². The number of aromatic amines is 1. The largest absolute Gasteiger partial charge is 0.346 e. The fraction of sp³-hybridized carbons (Fsp3) is 0.308. The van der Waals surface area contributed by atoms with Crippen LogP contribution in [0, 0.1) is 11.6 Å². The molecule has 0 spiro atoms. The molecule has 0 saturated carbocycles. The van der Waals surface area contributed by atoms with Gasteiger partial charge in [-0.05, 0) is 30.0 Å². The van der Waals surface area contributed by atoms with Crippen LogP contribution in [0.4, 0.5) is 0 Å². The summed E-state index contributed by atoms with van der Waals surface area (Å²) in [4.78, 5) is 3.30. The van der Waals surface area contributed by atoms with Crippen molar-refractivity contribution in [2.75, 3.05) is 0 Å². The molecular formula is C13H15NS. The topological polar surface area (TPSA) is 15.8 Å². The monoisotopic (exact) mass is 217 g/mol. The summed E-state index contributed by atoms with van der Waals surface area (Å²) < 4.78 is 0.876. The van der Waals surface area contributed by atoms with Crippen molar-refractivity contribution in [1.29, 1.82) is 0 Å². The average Bonchev–Trinajstić information content (AvgIpc) is 2.17. The summed E-state index contributed by atoms with van der Waals surface area (Å²) in [6.07, 6.45) is 0. The zero-order valence-corrected chi connectivity index (χ0v) is 10.1. The molecule has 15 heavy (non-hydrogen) atoms. The molecule has 0 bridgehead atoms. The molecule has 0 atom stereocenters. The number of benzene rings is 1. The lowest BCUT2D eigenvalue weighted by Crippen LogP contribution is -1.97. The standard InChI is InChI=1S/C13H15NS/c1-8(2)12-9(3)10-6-4-5-7-11(10)14-13(12)15/h4-8H,1-3H3,(H,14,15). The van der Waals surface area contributed by atoms with E-state index in [9.17, 15) is 0 Å². The third-order valence-corrected chi connectivity index (χ3v) is 3.13. The third-order valence-electron chi connectivity index (χ3n) is 2.81. The van der Waals surface area contributed by atoms with Crippen molar-refractivity contribution in [3.63, 3.8) is 0 Å². The van der Waals surface area contributed by atoms with Crippen LogP contribution in [0.25, 0.3) is 10.9 Å². The van der Waals surface area contributed by atoms with Gasteiger partial charge in [0.15, 0.2) is 0 Å². The molecule has 1 N–H and O–H groups in total. The minimum atomic E-state index is 0.471. The molecule has 78 valence electrons. The number of aryl methyl sites for hydroxylation is 1. The van der Waals surface area contributed by atoms with Gasteiger partial charge in [0.1, 0.15) is 4.64 Å². The van der Waals surface area contributed by atoms with Gasteiger partial charge in [0.25, 0.3) is 0 Å². The molecule has 0 aliphatic carbocycles. The highest BCUT2D eigenvalue weighted by Gasteiger charge is 2.09. The predicted molar refractivity (Wildman–Crippen MR) is 68.0 cm³/mol. The van der Waals surface area contributed by atoms with Crippen LogP contribution in [0.15, 0.2) is 24.3 Å². The summed E-state index contributed by atoms with van der Waals surface area (Å²) in [5.41, 5.74) is 3.71. The van der Waals surface area contributed by atoms with Gasteiger partial charge in [0.05, 0.1) is 0 Å². The van der Waals surface area contributed by atoms with Gasteiger partial charge in [-0.25, -0.2) is 0 Å². The van der Waals surface area contributed by atoms with Gasteiger partial charge in [-0.1, -0.05) is 44.3 Å². The normalized spacial score (nSPS) is 11.2. The zero-order chi connectivity index (χ0) is 11.0. The van der Waals surface area contributed by atoms with Gasteiger partial charge in [0.2, 0.25) is 0 Å². The molecule has 0 aliphatic heterocycles. The summed E-state index contributed by atoms with van der Waals surface area (Å²) in [6.45, 7) is 6.52. The van der Waals surface area contributed by atoms with E-state index < -0.39 is 0 Å². The average molecular weight is 217 g/mol. The number of hydrogen-bond acceptors (Lipinski definition) is 1.